The Kier molecular flexibility index (Phi) is 3.19. The summed E-state index contributed by atoms with van der Waals surface area (Å²) in [5.41, 5.74) is -0.944. The molecule has 2 aromatic rings. The number of alkyl halides is 3. The number of hydrogen-bond acceptors (Lipinski definition) is 5. The summed E-state index contributed by atoms with van der Waals surface area (Å²) in [5, 5.41) is 3.53. The summed E-state index contributed by atoms with van der Waals surface area (Å²) in [5.74, 6) is -0.626. The van der Waals surface area contributed by atoms with Crippen molar-refractivity contribution < 1.29 is 22.7 Å². The maximum atomic E-state index is 12.4. The van der Waals surface area contributed by atoms with E-state index in [9.17, 15) is 18.0 Å². The number of esters is 1. The smallest absolute Gasteiger partial charge is 0.419 e. The van der Waals surface area contributed by atoms with Crippen LogP contribution in [0.1, 0.15) is 16.1 Å². The minimum Gasteiger partial charge on any atom is -0.464 e. The van der Waals surface area contributed by atoms with E-state index in [-0.39, 0.29) is 11.5 Å². The predicted molar refractivity (Wildman–Crippen MR) is 55.5 cm³/mol. The summed E-state index contributed by atoms with van der Waals surface area (Å²) in [7, 11) is 1.18. The largest absolute Gasteiger partial charge is 0.464 e. The van der Waals surface area contributed by atoms with Gasteiger partial charge in [-0.05, 0) is 0 Å². The van der Waals surface area contributed by atoms with Crippen LogP contribution in [0.3, 0.4) is 0 Å². The molecule has 9 heteroatoms. The standard InChI is InChI=1S/C10H7F3N4O2/c1-19-9(18)7-3-15-8(4-14-7)17-5-6(2-16-17)10(11,12)13/h2-5H,1H3. The SMILES string of the molecule is COC(=O)c1cnc(-n2cc(C(F)(F)F)cn2)cn1. The van der Waals surface area contributed by atoms with Crippen molar-refractivity contribution in [1.29, 1.82) is 0 Å². The minimum atomic E-state index is -4.47. The van der Waals surface area contributed by atoms with Crippen molar-refractivity contribution in [2.24, 2.45) is 0 Å². The van der Waals surface area contributed by atoms with Crippen LogP contribution < -0.4 is 0 Å². The van der Waals surface area contributed by atoms with Gasteiger partial charge in [0.1, 0.15) is 0 Å². The summed E-state index contributed by atoms with van der Waals surface area (Å²) in [4.78, 5) is 18.6. The first kappa shape index (κ1) is 13.0. The first-order chi connectivity index (χ1) is 8.91. The number of carbonyl (C=O) groups excluding carboxylic acids is 1. The Bertz CT molecular complexity index is 592. The molecule has 2 heterocycles. The van der Waals surface area contributed by atoms with Crippen molar-refractivity contribution >= 4 is 5.97 Å². The summed E-state index contributed by atoms with van der Waals surface area (Å²) < 4.78 is 42.5. The van der Waals surface area contributed by atoms with Crippen molar-refractivity contribution in [3.05, 3.63) is 36.0 Å². The molecule has 0 saturated carbocycles. The van der Waals surface area contributed by atoms with Crippen LogP contribution in [0.4, 0.5) is 13.2 Å². The fourth-order valence-corrected chi connectivity index (χ4v) is 1.24. The molecular weight excluding hydrogens is 265 g/mol. The first-order valence-corrected chi connectivity index (χ1v) is 4.94. The number of carbonyl (C=O) groups is 1. The van der Waals surface area contributed by atoms with Crippen molar-refractivity contribution in [3.8, 4) is 5.82 Å². The third kappa shape index (κ3) is 2.69. The van der Waals surface area contributed by atoms with Crippen molar-refractivity contribution in [2.45, 2.75) is 6.18 Å². The highest BCUT2D eigenvalue weighted by Gasteiger charge is 2.32. The van der Waals surface area contributed by atoms with Gasteiger partial charge in [0.05, 0.1) is 31.3 Å². The van der Waals surface area contributed by atoms with Gasteiger partial charge in [0.2, 0.25) is 0 Å². The minimum absolute atomic E-state index is 0.0468. The number of nitrogens with zero attached hydrogens (tertiary/aromatic N) is 4. The molecule has 0 radical (unpaired) electrons. The van der Waals surface area contributed by atoms with Crippen molar-refractivity contribution in [3.63, 3.8) is 0 Å². The van der Waals surface area contributed by atoms with E-state index in [1.54, 1.807) is 0 Å². The number of rotatable bonds is 2. The summed E-state index contributed by atoms with van der Waals surface area (Å²) in [6.45, 7) is 0. The van der Waals surface area contributed by atoms with Gasteiger partial charge < -0.3 is 4.74 Å². The Balaban J connectivity index is 2.28. The normalized spacial score (nSPS) is 11.4. The Morgan fingerprint density at radius 1 is 1.26 bits per heavy atom. The maximum absolute atomic E-state index is 12.4. The van der Waals surface area contributed by atoms with Crippen LogP contribution in [0.5, 0.6) is 0 Å². The topological polar surface area (TPSA) is 69.9 Å². The molecule has 100 valence electrons. The Morgan fingerprint density at radius 2 is 2.00 bits per heavy atom. The van der Waals surface area contributed by atoms with Gasteiger partial charge in [-0.15, -0.1) is 0 Å². The molecule has 0 aliphatic heterocycles. The van der Waals surface area contributed by atoms with Crippen molar-refractivity contribution in [1.82, 2.24) is 19.7 Å². The fraction of sp³-hybridized carbons (Fsp3) is 0.200. The molecule has 0 atom stereocenters. The molecule has 0 aromatic carbocycles. The average molecular weight is 272 g/mol. The van der Waals surface area contributed by atoms with E-state index in [0.29, 0.717) is 6.20 Å². The number of ether oxygens (including phenoxy) is 1. The van der Waals surface area contributed by atoms with E-state index in [1.807, 2.05) is 0 Å². The van der Waals surface area contributed by atoms with E-state index in [1.165, 1.54) is 7.11 Å². The zero-order chi connectivity index (χ0) is 14.0. The first-order valence-electron chi connectivity index (χ1n) is 4.94. The lowest BCUT2D eigenvalue weighted by atomic mass is 10.4. The molecule has 0 saturated heterocycles. The zero-order valence-electron chi connectivity index (χ0n) is 9.55. The van der Waals surface area contributed by atoms with Gasteiger partial charge in [0.15, 0.2) is 11.5 Å². The lowest BCUT2D eigenvalue weighted by Gasteiger charge is -2.02. The van der Waals surface area contributed by atoms with Gasteiger partial charge in [-0.2, -0.15) is 18.3 Å². The van der Waals surface area contributed by atoms with Crippen LogP contribution in [0.15, 0.2) is 24.8 Å². The molecule has 0 spiro atoms. The second kappa shape index (κ2) is 4.67. The second-order valence-corrected chi connectivity index (χ2v) is 3.42. The van der Waals surface area contributed by atoms with E-state index in [2.05, 4.69) is 19.8 Å². The Hall–Kier alpha value is -2.45. The van der Waals surface area contributed by atoms with Gasteiger partial charge in [-0.25, -0.2) is 19.4 Å². The van der Waals surface area contributed by atoms with Gasteiger partial charge >= 0.3 is 12.1 Å². The molecule has 0 amide bonds. The van der Waals surface area contributed by atoms with E-state index < -0.39 is 17.7 Å². The van der Waals surface area contributed by atoms with E-state index >= 15 is 0 Å². The second-order valence-electron chi connectivity index (χ2n) is 3.42. The number of halogens is 3. The lowest BCUT2D eigenvalue weighted by molar-refractivity contribution is -0.137. The van der Waals surface area contributed by atoms with Crippen LogP contribution in [-0.4, -0.2) is 32.8 Å². The van der Waals surface area contributed by atoms with Crippen LogP contribution >= 0.6 is 0 Å². The van der Waals surface area contributed by atoms with E-state index in [0.717, 1.165) is 23.3 Å². The molecule has 0 fully saturated rings. The maximum Gasteiger partial charge on any atom is 0.419 e. The lowest BCUT2D eigenvalue weighted by Crippen LogP contribution is -2.07. The molecule has 19 heavy (non-hydrogen) atoms. The van der Waals surface area contributed by atoms with Crippen LogP contribution in [-0.2, 0) is 10.9 Å². The fourth-order valence-electron chi connectivity index (χ4n) is 1.24. The van der Waals surface area contributed by atoms with Gasteiger partial charge in [-0.3, -0.25) is 0 Å². The number of methoxy groups -OCH3 is 1. The monoisotopic (exact) mass is 272 g/mol. The highest BCUT2D eigenvalue weighted by molar-refractivity contribution is 5.86. The highest BCUT2D eigenvalue weighted by atomic mass is 19.4. The summed E-state index contributed by atoms with van der Waals surface area (Å²) >= 11 is 0. The molecule has 0 aliphatic carbocycles. The summed E-state index contributed by atoms with van der Waals surface area (Å²) in [6, 6.07) is 0. The van der Waals surface area contributed by atoms with Crippen LogP contribution in [0.2, 0.25) is 0 Å². The van der Waals surface area contributed by atoms with Crippen LogP contribution in [0, 0.1) is 0 Å². The Morgan fingerprint density at radius 3 is 2.47 bits per heavy atom. The predicted octanol–water partition coefficient (Wildman–Crippen LogP) is 1.47. The van der Waals surface area contributed by atoms with Gasteiger partial charge in [-0.1, -0.05) is 0 Å². The van der Waals surface area contributed by atoms with Crippen molar-refractivity contribution in [2.75, 3.05) is 7.11 Å². The molecule has 0 unspecified atom stereocenters. The number of aromatic nitrogens is 4. The molecule has 0 bridgehead atoms. The van der Waals surface area contributed by atoms with Crippen LogP contribution in [0.25, 0.3) is 5.82 Å². The number of hydrogen-bond donors (Lipinski definition) is 0. The van der Waals surface area contributed by atoms with E-state index in [4.69, 9.17) is 0 Å². The molecular formula is C10H7F3N4O2. The zero-order valence-corrected chi connectivity index (χ0v) is 9.55. The molecule has 0 N–H and O–H groups in total. The third-order valence-corrected chi connectivity index (χ3v) is 2.18. The van der Waals surface area contributed by atoms with Gasteiger partial charge in [0.25, 0.3) is 0 Å². The van der Waals surface area contributed by atoms with Gasteiger partial charge in [0, 0.05) is 6.20 Å². The Labute approximate surface area is 104 Å². The highest BCUT2D eigenvalue weighted by Crippen LogP contribution is 2.28. The summed E-state index contributed by atoms with van der Waals surface area (Å²) in [6.07, 6.45) is -0.801. The quantitative estimate of drug-likeness (QED) is 0.774. The molecule has 0 aliphatic rings. The third-order valence-electron chi connectivity index (χ3n) is 2.18. The molecule has 2 rings (SSSR count). The molecule has 2 aromatic heterocycles. The average Bonchev–Trinajstić information content (AvgIpc) is 2.87. The molecule has 6 nitrogen and oxygen atoms in total.